The van der Waals surface area contributed by atoms with Crippen molar-refractivity contribution in [2.45, 2.75) is 6.92 Å². The van der Waals surface area contributed by atoms with E-state index in [9.17, 15) is 4.79 Å². The number of hydrogen-bond donors (Lipinski definition) is 4. The zero-order valence-corrected chi connectivity index (χ0v) is 17.7. The van der Waals surface area contributed by atoms with Gasteiger partial charge in [0.15, 0.2) is 17.5 Å². The molecule has 164 valence electrons. The van der Waals surface area contributed by atoms with Gasteiger partial charge in [-0.1, -0.05) is 6.07 Å². The number of imidazole rings is 1. The van der Waals surface area contributed by atoms with E-state index in [1.54, 1.807) is 38.5 Å². The Kier molecular flexibility index (Phi) is 4.86. The molecule has 0 bridgehead atoms. The highest BCUT2D eigenvalue weighted by Crippen LogP contribution is 2.31. The number of amides is 1. The Morgan fingerprint density at radius 1 is 1.06 bits per heavy atom. The first-order chi connectivity index (χ1) is 16.0. The largest absolute Gasteiger partial charge is 0.368 e. The Balaban J connectivity index is 1.66. The lowest BCUT2D eigenvalue weighted by Crippen LogP contribution is -2.18. The fourth-order valence-electron chi connectivity index (χ4n) is 3.40. The van der Waals surface area contributed by atoms with Crippen LogP contribution in [0.1, 0.15) is 16.3 Å². The molecule has 0 radical (unpaired) electrons. The van der Waals surface area contributed by atoms with Crippen LogP contribution >= 0.6 is 0 Å². The Morgan fingerprint density at radius 3 is 2.61 bits per heavy atom. The summed E-state index contributed by atoms with van der Waals surface area (Å²) in [5.41, 5.74) is 9.19. The lowest BCUT2D eigenvalue weighted by molar-refractivity contribution is 0.0958. The molecule has 0 unspecified atom stereocenters. The topological polar surface area (TPSA) is 165 Å². The molecule has 0 aliphatic carbocycles. The lowest BCUT2D eigenvalue weighted by atomic mass is 10.1. The number of pyridine rings is 2. The zero-order chi connectivity index (χ0) is 22.9. The summed E-state index contributed by atoms with van der Waals surface area (Å²) in [6, 6.07) is 9.09. The molecule has 12 heteroatoms. The van der Waals surface area contributed by atoms with Crippen LogP contribution in [0.2, 0.25) is 0 Å². The van der Waals surface area contributed by atoms with Crippen molar-refractivity contribution in [1.29, 1.82) is 0 Å². The van der Waals surface area contributed by atoms with Gasteiger partial charge in [0.2, 0.25) is 5.95 Å². The van der Waals surface area contributed by atoms with Gasteiger partial charge in [-0.2, -0.15) is 15.1 Å². The van der Waals surface area contributed by atoms with Gasteiger partial charge in [-0.05, 0) is 25.1 Å². The maximum absolute atomic E-state index is 11.8. The van der Waals surface area contributed by atoms with E-state index in [4.69, 9.17) is 10.7 Å². The van der Waals surface area contributed by atoms with Crippen LogP contribution in [0.25, 0.3) is 28.3 Å². The van der Waals surface area contributed by atoms with Gasteiger partial charge in [0.1, 0.15) is 22.9 Å². The molecule has 5 N–H and O–H groups in total. The number of nitrogens with two attached hydrogens (primary N) is 1. The van der Waals surface area contributed by atoms with Gasteiger partial charge in [-0.15, -0.1) is 0 Å². The minimum absolute atomic E-state index is 0.114. The molecule has 5 aromatic rings. The minimum Gasteiger partial charge on any atom is -0.368 e. The number of fused-ring (bicyclic) bond motifs is 1. The van der Waals surface area contributed by atoms with E-state index in [2.05, 4.69) is 40.8 Å². The number of aromatic nitrogens is 8. The summed E-state index contributed by atoms with van der Waals surface area (Å²) in [5, 5.41) is 12.7. The fourth-order valence-corrected chi connectivity index (χ4v) is 3.40. The molecule has 5 rings (SSSR count). The smallest absolute Gasteiger partial charge is 0.269 e. The molecule has 0 saturated carbocycles. The molecular formula is C21H19N11O. The third kappa shape index (κ3) is 3.80. The minimum atomic E-state index is -0.245. The number of carbonyl (C=O) groups excluding carboxylic acids is 1. The van der Waals surface area contributed by atoms with E-state index in [1.165, 1.54) is 0 Å². The summed E-state index contributed by atoms with van der Waals surface area (Å²) in [5.74, 6) is 1.83. The normalized spacial score (nSPS) is 11.0. The number of H-pyrrole nitrogens is 1. The van der Waals surface area contributed by atoms with E-state index in [1.807, 2.05) is 28.8 Å². The second kappa shape index (κ2) is 8.00. The quantitative estimate of drug-likeness (QED) is 0.319. The second-order valence-corrected chi connectivity index (χ2v) is 7.12. The molecule has 5 aromatic heterocycles. The molecule has 0 aliphatic heterocycles. The van der Waals surface area contributed by atoms with Gasteiger partial charge in [0.05, 0.1) is 0 Å². The summed E-state index contributed by atoms with van der Waals surface area (Å²) >= 11 is 0. The average Bonchev–Trinajstić information content (AvgIpc) is 3.45. The molecule has 5 heterocycles. The summed E-state index contributed by atoms with van der Waals surface area (Å²) in [6.07, 6.45) is 5.26. The van der Waals surface area contributed by atoms with Crippen molar-refractivity contribution in [3.05, 3.63) is 60.4 Å². The summed E-state index contributed by atoms with van der Waals surface area (Å²) in [7, 11) is 1.57. The highest BCUT2D eigenvalue weighted by atomic mass is 16.1. The number of nitrogen functional groups attached to an aromatic ring is 1. The molecule has 0 fully saturated rings. The predicted molar refractivity (Wildman–Crippen MR) is 122 cm³/mol. The zero-order valence-electron chi connectivity index (χ0n) is 17.7. The Labute approximate surface area is 187 Å². The number of rotatable bonds is 5. The Bertz CT molecular complexity index is 1440. The Hall–Kier alpha value is -4.87. The number of anilines is 3. The third-order valence-corrected chi connectivity index (χ3v) is 4.90. The van der Waals surface area contributed by atoms with Gasteiger partial charge in [0.25, 0.3) is 5.91 Å². The number of hydrogen-bond acceptors (Lipinski definition) is 9. The lowest BCUT2D eigenvalue weighted by Gasteiger charge is -2.08. The second-order valence-electron chi connectivity index (χ2n) is 7.12. The molecule has 0 aromatic carbocycles. The van der Waals surface area contributed by atoms with Crippen LogP contribution in [0.5, 0.6) is 0 Å². The highest BCUT2D eigenvalue weighted by molar-refractivity contribution is 5.92. The van der Waals surface area contributed by atoms with E-state index < -0.39 is 0 Å². The average molecular weight is 441 g/mol. The molecule has 1 amide bonds. The van der Waals surface area contributed by atoms with Crippen molar-refractivity contribution in [2.75, 3.05) is 18.1 Å². The summed E-state index contributed by atoms with van der Waals surface area (Å²) < 4.78 is 1.87. The first-order valence-electron chi connectivity index (χ1n) is 9.98. The van der Waals surface area contributed by atoms with Gasteiger partial charge in [0, 0.05) is 42.8 Å². The van der Waals surface area contributed by atoms with Gasteiger partial charge in [-0.25, -0.2) is 9.97 Å². The van der Waals surface area contributed by atoms with Crippen LogP contribution in [0.3, 0.4) is 0 Å². The van der Waals surface area contributed by atoms with Crippen molar-refractivity contribution in [2.24, 2.45) is 0 Å². The van der Waals surface area contributed by atoms with Crippen LogP contribution in [0, 0.1) is 6.92 Å². The number of carbonyl (C=O) groups is 1. The maximum atomic E-state index is 11.8. The van der Waals surface area contributed by atoms with Crippen molar-refractivity contribution in [3.63, 3.8) is 0 Å². The van der Waals surface area contributed by atoms with E-state index >= 15 is 0 Å². The summed E-state index contributed by atoms with van der Waals surface area (Å²) in [6.45, 7) is 1.75. The standard InChI is InChI=1S/C21H19N11O/c1-11-26-18(30-21(22)27-11)17-19(28-15-7-8-25-31-15)29-16-6-4-13(10-32(16)17)12-3-5-14(24-9-12)20(33)23-2/h3-10H,1-2H3,(H,23,33)(H2,25,28,31)(H2,22,26,27,30). The van der Waals surface area contributed by atoms with Crippen molar-refractivity contribution >= 4 is 29.1 Å². The monoisotopic (exact) mass is 441 g/mol. The van der Waals surface area contributed by atoms with E-state index in [0.29, 0.717) is 40.3 Å². The van der Waals surface area contributed by atoms with Crippen LogP contribution in [-0.2, 0) is 0 Å². The predicted octanol–water partition coefficient (Wildman–Crippen LogP) is 1.97. The molecule has 0 saturated heterocycles. The van der Waals surface area contributed by atoms with Crippen LogP contribution < -0.4 is 16.4 Å². The van der Waals surface area contributed by atoms with Gasteiger partial charge < -0.3 is 16.4 Å². The summed E-state index contributed by atoms with van der Waals surface area (Å²) in [4.78, 5) is 33.6. The first-order valence-corrected chi connectivity index (χ1v) is 9.98. The van der Waals surface area contributed by atoms with E-state index in [0.717, 1.165) is 11.1 Å². The highest BCUT2D eigenvalue weighted by Gasteiger charge is 2.19. The van der Waals surface area contributed by atoms with Crippen LogP contribution in [-0.4, -0.2) is 52.5 Å². The van der Waals surface area contributed by atoms with Gasteiger partial charge in [-0.3, -0.25) is 19.3 Å². The first kappa shape index (κ1) is 20.1. The van der Waals surface area contributed by atoms with Crippen molar-refractivity contribution < 1.29 is 4.79 Å². The SMILES string of the molecule is CNC(=O)c1ccc(-c2ccc3nc(Nc4cc[nH]n4)c(-c4nc(C)nc(N)n4)n3c2)cn1. The number of aromatic amines is 1. The molecule has 0 aliphatic rings. The molecule has 0 atom stereocenters. The number of aryl methyl sites for hydroxylation is 1. The molecular weight excluding hydrogens is 422 g/mol. The van der Waals surface area contributed by atoms with Gasteiger partial charge >= 0.3 is 0 Å². The number of nitrogens with one attached hydrogen (secondary N) is 3. The molecule has 12 nitrogen and oxygen atoms in total. The fraction of sp³-hybridized carbons (Fsp3) is 0.0952. The maximum Gasteiger partial charge on any atom is 0.269 e. The van der Waals surface area contributed by atoms with Crippen LogP contribution in [0.4, 0.5) is 17.6 Å². The van der Waals surface area contributed by atoms with E-state index in [-0.39, 0.29) is 11.9 Å². The van der Waals surface area contributed by atoms with Crippen molar-refractivity contribution in [3.8, 4) is 22.6 Å². The number of nitrogens with zero attached hydrogens (tertiary/aromatic N) is 7. The third-order valence-electron chi connectivity index (χ3n) is 4.90. The van der Waals surface area contributed by atoms with Crippen molar-refractivity contribution in [1.82, 2.24) is 44.8 Å². The molecule has 0 spiro atoms. The van der Waals surface area contributed by atoms with Crippen LogP contribution in [0.15, 0.2) is 48.9 Å². The molecule has 33 heavy (non-hydrogen) atoms. The Morgan fingerprint density at radius 2 is 1.91 bits per heavy atom.